The van der Waals surface area contributed by atoms with E-state index in [0.29, 0.717) is 5.56 Å². The summed E-state index contributed by atoms with van der Waals surface area (Å²) in [5.41, 5.74) is 0.716. The molecule has 1 aromatic rings. The first kappa shape index (κ1) is 21.1. The molecule has 1 aliphatic rings. The molecule has 0 aliphatic heterocycles. The topological polar surface area (TPSA) is 95.9 Å². The summed E-state index contributed by atoms with van der Waals surface area (Å²) in [6.45, 7) is -0.0613. The quantitative estimate of drug-likeness (QED) is 0.638. The Morgan fingerprint density at radius 3 is 2.41 bits per heavy atom. The number of aliphatic hydroxyl groups excluding tert-OH is 1. The minimum Gasteiger partial charge on any atom is -0.477 e. The van der Waals surface area contributed by atoms with Gasteiger partial charge in [-0.15, -0.1) is 0 Å². The maximum atomic E-state index is 13.8. The van der Waals surface area contributed by atoms with Crippen LogP contribution in [0, 0.1) is 5.92 Å². The number of hydrogen-bond acceptors (Lipinski definition) is 4. The number of aliphatic carboxylic acids is 1. The number of carbonyl (C=O) groups excluding carboxylic acids is 1. The van der Waals surface area contributed by atoms with Gasteiger partial charge in [0.1, 0.15) is 12.7 Å². The van der Waals surface area contributed by atoms with Crippen molar-refractivity contribution in [2.24, 2.45) is 5.92 Å². The Hall–Kier alpha value is -2.22. The molecule has 1 aliphatic carbocycles. The Morgan fingerprint density at radius 1 is 1.19 bits per heavy atom. The summed E-state index contributed by atoms with van der Waals surface area (Å²) in [5.74, 6) is -6.76. The van der Waals surface area contributed by atoms with Crippen molar-refractivity contribution < 1.29 is 33.3 Å². The highest BCUT2D eigenvalue weighted by Gasteiger charge is 2.51. The van der Waals surface area contributed by atoms with Crippen molar-refractivity contribution in [3.05, 3.63) is 35.9 Å². The standard InChI is InChI=1S/C19H25F2NO5/c20-19(21,17(24)25)16(23)15(11-13-7-3-1-4-8-13)22-18(26)27-12-14-9-5-2-6-10-14/h2,5-6,9-10,13,15-16,23H,1,3-4,7-8,11-12H2,(H,22,26)(H,24,25). The summed E-state index contributed by atoms with van der Waals surface area (Å²) < 4.78 is 32.6. The van der Waals surface area contributed by atoms with Crippen molar-refractivity contribution in [2.75, 3.05) is 0 Å². The first-order valence-corrected chi connectivity index (χ1v) is 9.07. The number of aliphatic hydroxyl groups is 1. The molecule has 3 N–H and O–H groups in total. The van der Waals surface area contributed by atoms with Crippen molar-refractivity contribution >= 4 is 12.1 Å². The fraction of sp³-hybridized carbons (Fsp3) is 0.579. The van der Waals surface area contributed by atoms with Crippen LogP contribution in [-0.2, 0) is 16.1 Å². The third kappa shape index (κ3) is 6.16. The number of nitrogens with one attached hydrogen (secondary N) is 1. The lowest BCUT2D eigenvalue weighted by molar-refractivity contribution is -0.185. The van der Waals surface area contributed by atoms with Crippen LogP contribution in [0.3, 0.4) is 0 Å². The lowest BCUT2D eigenvalue weighted by Gasteiger charge is -2.31. The predicted octanol–water partition coefficient (Wildman–Crippen LogP) is 3.33. The van der Waals surface area contributed by atoms with E-state index in [2.05, 4.69) is 5.32 Å². The van der Waals surface area contributed by atoms with Gasteiger partial charge in [0.05, 0.1) is 6.04 Å². The maximum Gasteiger partial charge on any atom is 0.407 e. The molecule has 2 unspecified atom stereocenters. The van der Waals surface area contributed by atoms with E-state index < -0.39 is 30.1 Å². The first-order valence-electron chi connectivity index (χ1n) is 9.07. The van der Waals surface area contributed by atoms with Crippen molar-refractivity contribution in [2.45, 2.75) is 63.2 Å². The van der Waals surface area contributed by atoms with Gasteiger partial charge in [-0.2, -0.15) is 8.78 Å². The molecular weight excluding hydrogens is 360 g/mol. The van der Waals surface area contributed by atoms with E-state index in [1.165, 1.54) is 0 Å². The van der Waals surface area contributed by atoms with Gasteiger partial charge < -0.3 is 20.3 Å². The number of carbonyl (C=O) groups is 2. The van der Waals surface area contributed by atoms with Crippen LogP contribution in [0.4, 0.5) is 13.6 Å². The smallest absolute Gasteiger partial charge is 0.407 e. The van der Waals surface area contributed by atoms with Gasteiger partial charge in [-0.3, -0.25) is 0 Å². The summed E-state index contributed by atoms with van der Waals surface area (Å²) in [5, 5.41) is 20.9. The minimum absolute atomic E-state index is 0.0393. The van der Waals surface area contributed by atoms with Crippen LogP contribution in [0.5, 0.6) is 0 Å². The Kier molecular flexibility index (Phi) is 7.53. The third-order valence-corrected chi connectivity index (χ3v) is 4.87. The number of alkyl carbamates (subject to hydrolysis) is 1. The van der Waals surface area contributed by atoms with Crippen molar-refractivity contribution in [1.29, 1.82) is 0 Å². The highest BCUT2D eigenvalue weighted by molar-refractivity contribution is 5.76. The lowest BCUT2D eigenvalue weighted by atomic mass is 9.83. The number of hydrogen-bond donors (Lipinski definition) is 3. The zero-order valence-electron chi connectivity index (χ0n) is 14.9. The molecule has 150 valence electrons. The van der Waals surface area contributed by atoms with Crippen LogP contribution in [-0.4, -0.2) is 40.3 Å². The molecule has 1 amide bonds. The predicted molar refractivity (Wildman–Crippen MR) is 93.3 cm³/mol. The van der Waals surface area contributed by atoms with Gasteiger partial charge in [0.2, 0.25) is 0 Å². The van der Waals surface area contributed by atoms with Crippen LogP contribution in [0.15, 0.2) is 30.3 Å². The van der Waals surface area contributed by atoms with Gasteiger partial charge in [0, 0.05) is 0 Å². The molecule has 0 saturated heterocycles. The number of amides is 1. The van der Waals surface area contributed by atoms with Crippen LogP contribution in [0.1, 0.15) is 44.1 Å². The van der Waals surface area contributed by atoms with Gasteiger partial charge in [0.15, 0.2) is 0 Å². The second-order valence-corrected chi connectivity index (χ2v) is 6.93. The summed E-state index contributed by atoms with van der Waals surface area (Å²) in [6.07, 6.45) is 1.10. The number of carboxylic acid groups (broad SMARTS) is 1. The average molecular weight is 385 g/mol. The second-order valence-electron chi connectivity index (χ2n) is 6.93. The SMILES string of the molecule is O=C(NC(CC1CCCCC1)C(O)C(F)(F)C(=O)O)OCc1ccccc1. The molecule has 0 aromatic heterocycles. The molecule has 0 bridgehead atoms. The lowest BCUT2D eigenvalue weighted by Crippen LogP contribution is -2.55. The number of carboxylic acids is 1. The Labute approximate surface area is 156 Å². The van der Waals surface area contributed by atoms with Gasteiger partial charge in [0.25, 0.3) is 0 Å². The van der Waals surface area contributed by atoms with E-state index in [1.807, 2.05) is 0 Å². The van der Waals surface area contributed by atoms with Gasteiger partial charge in [-0.1, -0.05) is 62.4 Å². The normalized spacial score (nSPS) is 17.7. The second kappa shape index (κ2) is 9.64. The number of halogens is 2. The number of alkyl halides is 2. The summed E-state index contributed by atoms with van der Waals surface area (Å²) >= 11 is 0. The number of rotatable bonds is 8. The zero-order valence-corrected chi connectivity index (χ0v) is 14.9. The first-order chi connectivity index (χ1) is 12.8. The third-order valence-electron chi connectivity index (χ3n) is 4.87. The Morgan fingerprint density at radius 2 is 1.81 bits per heavy atom. The minimum atomic E-state index is -4.37. The molecule has 2 rings (SSSR count). The summed E-state index contributed by atoms with van der Waals surface area (Å²) in [6, 6.07) is 7.39. The molecular formula is C19H25F2NO5. The molecule has 0 spiro atoms. The van der Waals surface area contributed by atoms with E-state index in [-0.39, 0.29) is 18.9 Å². The van der Waals surface area contributed by atoms with E-state index in [4.69, 9.17) is 9.84 Å². The fourth-order valence-corrected chi connectivity index (χ4v) is 3.34. The largest absolute Gasteiger partial charge is 0.477 e. The molecule has 8 heteroatoms. The van der Waals surface area contributed by atoms with E-state index in [1.54, 1.807) is 30.3 Å². The van der Waals surface area contributed by atoms with Crippen LogP contribution in [0.2, 0.25) is 0 Å². The van der Waals surface area contributed by atoms with E-state index in [9.17, 15) is 23.5 Å². The van der Waals surface area contributed by atoms with E-state index >= 15 is 0 Å². The zero-order chi connectivity index (χ0) is 19.9. The monoisotopic (exact) mass is 385 g/mol. The van der Waals surface area contributed by atoms with Gasteiger partial charge in [-0.05, 0) is 17.9 Å². The number of benzene rings is 1. The van der Waals surface area contributed by atoms with Crippen molar-refractivity contribution in [1.82, 2.24) is 5.32 Å². The van der Waals surface area contributed by atoms with E-state index in [0.717, 1.165) is 32.1 Å². The highest BCUT2D eigenvalue weighted by atomic mass is 19.3. The molecule has 1 fully saturated rings. The van der Waals surface area contributed by atoms with Crippen LogP contribution < -0.4 is 5.32 Å². The van der Waals surface area contributed by atoms with Crippen molar-refractivity contribution in [3.8, 4) is 0 Å². The highest BCUT2D eigenvalue weighted by Crippen LogP contribution is 2.31. The molecule has 2 atom stereocenters. The van der Waals surface area contributed by atoms with Gasteiger partial charge >= 0.3 is 18.0 Å². The molecule has 27 heavy (non-hydrogen) atoms. The Balaban J connectivity index is 2.01. The average Bonchev–Trinajstić information content (AvgIpc) is 2.66. The summed E-state index contributed by atoms with van der Waals surface area (Å²) in [4.78, 5) is 22.8. The van der Waals surface area contributed by atoms with Crippen molar-refractivity contribution in [3.63, 3.8) is 0 Å². The fourth-order valence-electron chi connectivity index (χ4n) is 3.34. The Bertz CT molecular complexity index is 620. The number of ether oxygens (including phenoxy) is 1. The molecule has 1 aromatic carbocycles. The maximum absolute atomic E-state index is 13.8. The van der Waals surface area contributed by atoms with Crippen LogP contribution >= 0.6 is 0 Å². The van der Waals surface area contributed by atoms with Gasteiger partial charge in [-0.25, -0.2) is 9.59 Å². The molecule has 1 saturated carbocycles. The summed E-state index contributed by atoms with van der Waals surface area (Å²) in [7, 11) is 0. The van der Waals surface area contributed by atoms with Crippen LogP contribution in [0.25, 0.3) is 0 Å². The molecule has 0 heterocycles. The molecule has 6 nitrogen and oxygen atoms in total. The molecule has 0 radical (unpaired) electrons.